The molecule has 0 aliphatic rings. The number of hydrogen-bond acceptors (Lipinski definition) is 8. The summed E-state index contributed by atoms with van der Waals surface area (Å²) in [5.41, 5.74) is 1.49. The summed E-state index contributed by atoms with van der Waals surface area (Å²) in [7, 11) is -0.706. The Labute approximate surface area is 166 Å². The molecule has 3 aromatic rings. The average molecular weight is 418 g/mol. The van der Waals surface area contributed by atoms with Crippen LogP contribution in [0.2, 0.25) is 0 Å². The highest BCUT2D eigenvalue weighted by Gasteiger charge is 2.20. The smallest absolute Gasteiger partial charge is 0.311 e. The molecule has 0 radical (unpaired) electrons. The third-order valence-electron chi connectivity index (χ3n) is 4.14. The van der Waals surface area contributed by atoms with Crippen molar-refractivity contribution in [3.8, 4) is 11.5 Å². The molecule has 0 amide bonds. The van der Waals surface area contributed by atoms with Gasteiger partial charge in [-0.05, 0) is 23.8 Å². The van der Waals surface area contributed by atoms with E-state index in [0.717, 1.165) is 6.20 Å². The fourth-order valence-corrected chi connectivity index (χ4v) is 3.50. The van der Waals surface area contributed by atoms with E-state index in [2.05, 4.69) is 10.3 Å². The number of ether oxygens (including phenoxy) is 2. The van der Waals surface area contributed by atoms with E-state index < -0.39 is 14.9 Å². The monoisotopic (exact) mass is 418 g/mol. The van der Waals surface area contributed by atoms with Crippen molar-refractivity contribution in [2.45, 2.75) is 5.75 Å². The Balaban J connectivity index is 2.09. The van der Waals surface area contributed by atoms with Gasteiger partial charge in [-0.15, -0.1) is 0 Å². The van der Waals surface area contributed by atoms with E-state index in [1.807, 2.05) is 0 Å². The molecular weight excluding hydrogens is 400 g/mol. The molecule has 10 nitrogen and oxygen atoms in total. The third-order valence-corrected chi connectivity index (χ3v) is 4.88. The van der Waals surface area contributed by atoms with Gasteiger partial charge >= 0.3 is 5.69 Å². The summed E-state index contributed by atoms with van der Waals surface area (Å²) in [6.07, 6.45) is 1.16. The largest absolute Gasteiger partial charge is 0.493 e. The van der Waals surface area contributed by atoms with E-state index in [1.54, 1.807) is 36.4 Å². The minimum Gasteiger partial charge on any atom is -0.493 e. The first-order valence-corrected chi connectivity index (χ1v) is 9.99. The van der Waals surface area contributed by atoms with Crippen molar-refractivity contribution in [2.24, 2.45) is 5.14 Å². The summed E-state index contributed by atoms with van der Waals surface area (Å²) in [4.78, 5) is 15.1. The summed E-state index contributed by atoms with van der Waals surface area (Å²) >= 11 is 0. The molecular formula is C18H18N4O6S. The lowest BCUT2D eigenvalue weighted by atomic mass is 10.1. The van der Waals surface area contributed by atoms with Crippen molar-refractivity contribution in [1.29, 1.82) is 0 Å². The van der Waals surface area contributed by atoms with Gasteiger partial charge in [0.2, 0.25) is 10.0 Å². The Hall–Kier alpha value is -3.44. The highest BCUT2D eigenvalue weighted by Crippen LogP contribution is 2.39. The Kier molecular flexibility index (Phi) is 5.52. The van der Waals surface area contributed by atoms with Gasteiger partial charge in [-0.25, -0.2) is 18.5 Å². The van der Waals surface area contributed by atoms with Crippen LogP contribution < -0.4 is 19.9 Å². The van der Waals surface area contributed by atoms with Crippen LogP contribution in [-0.2, 0) is 15.8 Å². The number of fused-ring (bicyclic) bond motifs is 1. The number of benzene rings is 2. The number of primary sulfonamides is 1. The van der Waals surface area contributed by atoms with E-state index in [1.165, 1.54) is 14.2 Å². The molecule has 0 aliphatic carbocycles. The number of nitrogens with one attached hydrogen (secondary N) is 1. The molecule has 2 aromatic carbocycles. The van der Waals surface area contributed by atoms with Gasteiger partial charge in [0.25, 0.3) is 0 Å². The topological polar surface area (TPSA) is 147 Å². The van der Waals surface area contributed by atoms with Crippen molar-refractivity contribution < 1.29 is 22.8 Å². The molecule has 1 aromatic heterocycles. The Bertz CT molecular complexity index is 1180. The van der Waals surface area contributed by atoms with E-state index in [0.29, 0.717) is 33.7 Å². The lowest BCUT2D eigenvalue weighted by molar-refractivity contribution is -0.384. The van der Waals surface area contributed by atoms with Crippen LogP contribution in [0.25, 0.3) is 10.9 Å². The van der Waals surface area contributed by atoms with E-state index in [-0.39, 0.29) is 17.1 Å². The van der Waals surface area contributed by atoms with Crippen LogP contribution in [0.1, 0.15) is 5.56 Å². The fraction of sp³-hybridized carbons (Fsp3) is 0.167. The van der Waals surface area contributed by atoms with Crippen LogP contribution in [0, 0.1) is 10.1 Å². The molecule has 0 atom stereocenters. The highest BCUT2D eigenvalue weighted by molar-refractivity contribution is 7.88. The van der Waals surface area contributed by atoms with Gasteiger partial charge in [-0.3, -0.25) is 10.1 Å². The normalized spacial score (nSPS) is 11.3. The second kappa shape index (κ2) is 7.89. The van der Waals surface area contributed by atoms with Gasteiger partial charge in [0, 0.05) is 17.1 Å². The standard InChI is InChI=1S/C18H18N4O6S/c1-27-16-7-13-14(8-17(16)28-2)20-9-15(22(23)24)18(13)21-12-5-3-11(4-6-12)10-29(19,25)26/h3-9H,10H2,1-2H3,(H,20,21)(H2,19,25,26). The zero-order valence-corrected chi connectivity index (χ0v) is 16.4. The number of nitrogens with two attached hydrogens (primary N) is 1. The van der Waals surface area contributed by atoms with Crippen LogP contribution in [0.5, 0.6) is 11.5 Å². The number of hydrogen-bond donors (Lipinski definition) is 2. The molecule has 0 spiro atoms. The fourth-order valence-electron chi connectivity index (χ4n) is 2.84. The highest BCUT2D eigenvalue weighted by atomic mass is 32.2. The van der Waals surface area contributed by atoms with Gasteiger partial charge in [0.15, 0.2) is 11.5 Å². The molecule has 152 valence electrons. The number of methoxy groups -OCH3 is 2. The zero-order chi connectivity index (χ0) is 21.2. The lowest BCUT2D eigenvalue weighted by Crippen LogP contribution is -2.14. The molecule has 29 heavy (non-hydrogen) atoms. The average Bonchev–Trinajstić information content (AvgIpc) is 2.67. The molecule has 0 unspecified atom stereocenters. The minimum atomic E-state index is -3.65. The first kappa shape index (κ1) is 20.3. The Morgan fingerprint density at radius 2 is 1.76 bits per heavy atom. The van der Waals surface area contributed by atoms with Crippen LogP contribution in [0.15, 0.2) is 42.6 Å². The predicted octanol–water partition coefficient (Wildman–Crippen LogP) is 2.69. The summed E-state index contributed by atoms with van der Waals surface area (Å²) < 4.78 is 33.0. The van der Waals surface area contributed by atoms with Crippen molar-refractivity contribution >= 4 is 38.0 Å². The number of anilines is 2. The molecule has 1 heterocycles. The van der Waals surface area contributed by atoms with Crippen LogP contribution in [-0.4, -0.2) is 32.5 Å². The maximum Gasteiger partial charge on any atom is 0.311 e. The van der Waals surface area contributed by atoms with Gasteiger partial charge < -0.3 is 14.8 Å². The molecule has 0 aliphatic heterocycles. The molecule has 0 saturated carbocycles. The molecule has 3 rings (SSSR count). The SMILES string of the molecule is COc1cc2ncc([N+](=O)[O-])c(Nc3ccc(CS(N)(=O)=O)cc3)c2cc1OC. The molecule has 11 heteroatoms. The van der Waals surface area contributed by atoms with Crippen molar-refractivity contribution in [1.82, 2.24) is 4.98 Å². The summed E-state index contributed by atoms with van der Waals surface area (Å²) in [6.45, 7) is 0. The van der Waals surface area contributed by atoms with Crippen LogP contribution >= 0.6 is 0 Å². The van der Waals surface area contributed by atoms with E-state index >= 15 is 0 Å². The van der Waals surface area contributed by atoms with Gasteiger partial charge in [-0.1, -0.05) is 12.1 Å². The number of pyridine rings is 1. The summed E-state index contributed by atoms with van der Waals surface area (Å²) in [6, 6.07) is 9.59. The van der Waals surface area contributed by atoms with Crippen LogP contribution in [0.3, 0.4) is 0 Å². The molecule has 3 N–H and O–H groups in total. The lowest BCUT2D eigenvalue weighted by Gasteiger charge is -2.13. The third kappa shape index (κ3) is 4.52. The Morgan fingerprint density at radius 1 is 1.14 bits per heavy atom. The van der Waals surface area contributed by atoms with Crippen molar-refractivity contribution in [3.05, 3.63) is 58.3 Å². The van der Waals surface area contributed by atoms with Gasteiger partial charge in [0.1, 0.15) is 11.9 Å². The number of nitro groups is 1. The maximum absolute atomic E-state index is 11.5. The number of sulfonamides is 1. The Morgan fingerprint density at radius 3 is 2.31 bits per heavy atom. The zero-order valence-electron chi connectivity index (χ0n) is 15.6. The number of nitrogens with zero attached hydrogens (tertiary/aromatic N) is 2. The van der Waals surface area contributed by atoms with E-state index in [4.69, 9.17) is 14.6 Å². The predicted molar refractivity (Wildman–Crippen MR) is 108 cm³/mol. The number of aromatic nitrogens is 1. The molecule has 0 bridgehead atoms. The second-order valence-electron chi connectivity index (χ2n) is 6.13. The quantitative estimate of drug-likeness (QED) is 0.440. The number of rotatable bonds is 7. The van der Waals surface area contributed by atoms with Crippen molar-refractivity contribution in [3.63, 3.8) is 0 Å². The minimum absolute atomic E-state index is 0.222. The maximum atomic E-state index is 11.5. The molecule has 0 fully saturated rings. The summed E-state index contributed by atoms with van der Waals surface area (Å²) in [5, 5.41) is 20.1. The second-order valence-corrected chi connectivity index (χ2v) is 7.74. The first-order valence-electron chi connectivity index (χ1n) is 8.27. The molecule has 0 saturated heterocycles. The van der Waals surface area contributed by atoms with Crippen LogP contribution in [0.4, 0.5) is 17.1 Å². The summed E-state index contributed by atoms with van der Waals surface area (Å²) in [5.74, 6) is 0.538. The van der Waals surface area contributed by atoms with E-state index in [9.17, 15) is 18.5 Å². The van der Waals surface area contributed by atoms with Gasteiger partial charge in [0.05, 0.1) is 30.4 Å². The van der Waals surface area contributed by atoms with Crippen molar-refractivity contribution in [2.75, 3.05) is 19.5 Å². The first-order chi connectivity index (χ1) is 13.7. The van der Waals surface area contributed by atoms with Gasteiger partial charge in [-0.2, -0.15) is 0 Å².